The highest BCUT2D eigenvalue weighted by atomic mass is 16.5. The summed E-state index contributed by atoms with van der Waals surface area (Å²) in [5.41, 5.74) is 1.85. The summed E-state index contributed by atoms with van der Waals surface area (Å²) in [7, 11) is 0. The van der Waals surface area contributed by atoms with Gasteiger partial charge in [-0.25, -0.2) is 4.98 Å². The number of nitrogens with zero attached hydrogens (tertiary/aromatic N) is 2. The second-order valence-corrected chi connectivity index (χ2v) is 5.88. The predicted molar refractivity (Wildman–Crippen MR) is 73.8 cm³/mol. The van der Waals surface area contributed by atoms with E-state index in [9.17, 15) is 5.11 Å². The van der Waals surface area contributed by atoms with Crippen LogP contribution in [-0.2, 0) is 17.9 Å². The molecule has 1 saturated heterocycles. The number of ether oxygens (including phenoxy) is 1. The van der Waals surface area contributed by atoms with E-state index in [1.807, 2.05) is 18.3 Å². The Morgan fingerprint density at radius 1 is 1.53 bits per heavy atom. The van der Waals surface area contributed by atoms with Crippen LogP contribution in [0.25, 0.3) is 11.0 Å². The molecule has 19 heavy (non-hydrogen) atoms. The Hall–Kier alpha value is -1.39. The van der Waals surface area contributed by atoms with E-state index in [0.29, 0.717) is 0 Å². The fourth-order valence-electron chi connectivity index (χ4n) is 2.89. The quantitative estimate of drug-likeness (QED) is 0.922. The van der Waals surface area contributed by atoms with Gasteiger partial charge in [0.05, 0.1) is 24.9 Å². The molecule has 2 aromatic heterocycles. The van der Waals surface area contributed by atoms with E-state index in [1.165, 1.54) is 0 Å². The molecule has 3 heterocycles. The number of aliphatic hydroxyl groups excluding tert-OH is 1. The average Bonchev–Trinajstić information content (AvgIpc) is 2.91. The van der Waals surface area contributed by atoms with Gasteiger partial charge in [-0.15, -0.1) is 0 Å². The van der Waals surface area contributed by atoms with Gasteiger partial charge in [-0.05, 0) is 38.8 Å². The molecule has 0 aliphatic carbocycles. The summed E-state index contributed by atoms with van der Waals surface area (Å²) in [6.45, 7) is 5.12. The summed E-state index contributed by atoms with van der Waals surface area (Å²) in [5.74, 6) is 0. The molecule has 0 saturated carbocycles. The lowest BCUT2D eigenvalue weighted by Crippen LogP contribution is -2.22. The average molecular weight is 260 g/mol. The minimum atomic E-state index is -0.0130. The molecular formula is C15H20N2O2. The molecule has 102 valence electrons. The van der Waals surface area contributed by atoms with E-state index in [-0.39, 0.29) is 18.3 Å². The molecule has 2 aromatic rings. The van der Waals surface area contributed by atoms with Crippen molar-refractivity contribution in [3.05, 3.63) is 30.1 Å². The van der Waals surface area contributed by atoms with Crippen LogP contribution in [0.5, 0.6) is 0 Å². The van der Waals surface area contributed by atoms with E-state index in [1.54, 1.807) is 6.20 Å². The van der Waals surface area contributed by atoms with Crippen molar-refractivity contribution in [2.24, 2.45) is 0 Å². The van der Waals surface area contributed by atoms with Gasteiger partial charge in [0.25, 0.3) is 0 Å². The second-order valence-electron chi connectivity index (χ2n) is 5.88. The minimum absolute atomic E-state index is 0.0130. The number of pyridine rings is 1. The van der Waals surface area contributed by atoms with Crippen LogP contribution in [0.4, 0.5) is 0 Å². The van der Waals surface area contributed by atoms with Crippen LogP contribution in [0.3, 0.4) is 0 Å². The Labute approximate surface area is 113 Å². The highest BCUT2D eigenvalue weighted by Crippen LogP contribution is 2.31. The first-order valence-corrected chi connectivity index (χ1v) is 6.80. The van der Waals surface area contributed by atoms with E-state index < -0.39 is 0 Å². The Balaban J connectivity index is 1.89. The van der Waals surface area contributed by atoms with Crippen molar-refractivity contribution >= 4 is 11.0 Å². The Bertz CT molecular complexity index is 589. The SMILES string of the molecule is CC1(C)CCC(Cn2cc(CO)c3cccnc32)O1. The van der Waals surface area contributed by atoms with Crippen LogP contribution in [0.15, 0.2) is 24.5 Å². The Morgan fingerprint density at radius 2 is 2.37 bits per heavy atom. The fraction of sp³-hybridized carbons (Fsp3) is 0.533. The second kappa shape index (κ2) is 4.62. The van der Waals surface area contributed by atoms with Crippen molar-refractivity contribution < 1.29 is 9.84 Å². The zero-order valence-corrected chi connectivity index (χ0v) is 11.5. The summed E-state index contributed by atoms with van der Waals surface area (Å²) >= 11 is 0. The number of hydrogen-bond acceptors (Lipinski definition) is 3. The van der Waals surface area contributed by atoms with E-state index in [4.69, 9.17) is 4.74 Å². The highest BCUT2D eigenvalue weighted by molar-refractivity contribution is 5.80. The molecule has 3 rings (SSSR count). The number of hydrogen-bond donors (Lipinski definition) is 1. The molecule has 0 spiro atoms. The molecule has 4 nitrogen and oxygen atoms in total. The zero-order valence-electron chi connectivity index (χ0n) is 11.5. The van der Waals surface area contributed by atoms with Crippen molar-refractivity contribution in [1.82, 2.24) is 9.55 Å². The van der Waals surface area contributed by atoms with E-state index >= 15 is 0 Å². The standard InChI is InChI=1S/C15H20N2O2/c1-15(2)6-5-12(19-15)9-17-8-11(10-18)13-4-3-7-16-14(13)17/h3-4,7-8,12,18H,5-6,9-10H2,1-2H3. The molecular weight excluding hydrogens is 240 g/mol. The molecule has 1 aliphatic rings. The number of aromatic nitrogens is 2. The van der Waals surface area contributed by atoms with Gasteiger partial charge in [-0.3, -0.25) is 0 Å². The molecule has 4 heteroatoms. The third-order valence-corrected chi connectivity index (χ3v) is 3.84. The first-order chi connectivity index (χ1) is 9.09. The zero-order chi connectivity index (χ0) is 13.5. The van der Waals surface area contributed by atoms with Crippen LogP contribution >= 0.6 is 0 Å². The number of aliphatic hydroxyl groups is 1. The first kappa shape index (κ1) is 12.6. The lowest BCUT2D eigenvalue weighted by molar-refractivity contribution is -0.0213. The topological polar surface area (TPSA) is 47.3 Å². The molecule has 1 aliphatic heterocycles. The van der Waals surface area contributed by atoms with Gasteiger partial charge in [0, 0.05) is 23.3 Å². The van der Waals surface area contributed by atoms with Crippen molar-refractivity contribution in [2.75, 3.05) is 0 Å². The van der Waals surface area contributed by atoms with Crippen LogP contribution < -0.4 is 0 Å². The third kappa shape index (κ3) is 2.38. The third-order valence-electron chi connectivity index (χ3n) is 3.84. The van der Waals surface area contributed by atoms with Crippen molar-refractivity contribution in [2.45, 2.75) is 51.5 Å². The maximum absolute atomic E-state index is 9.42. The van der Waals surface area contributed by atoms with Gasteiger partial charge in [-0.2, -0.15) is 0 Å². The maximum atomic E-state index is 9.42. The monoisotopic (exact) mass is 260 g/mol. The molecule has 1 atom stereocenters. The van der Waals surface area contributed by atoms with Crippen molar-refractivity contribution in [1.29, 1.82) is 0 Å². The van der Waals surface area contributed by atoms with Crippen LogP contribution in [0, 0.1) is 0 Å². The van der Waals surface area contributed by atoms with Crippen LogP contribution in [0.1, 0.15) is 32.3 Å². The molecule has 0 bridgehead atoms. The minimum Gasteiger partial charge on any atom is -0.392 e. The maximum Gasteiger partial charge on any atom is 0.140 e. The number of rotatable bonds is 3. The largest absolute Gasteiger partial charge is 0.392 e. The van der Waals surface area contributed by atoms with Gasteiger partial charge in [0.2, 0.25) is 0 Å². The summed E-state index contributed by atoms with van der Waals surface area (Å²) in [6, 6.07) is 3.91. The molecule has 0 aromatic carbocycles. The van der Waals surface area contributed by atoms with Gasteiger partial charge >= 0.3 is 0 Å². The van der Waals surface area contributed by atoms with Gasteiger partial charge in [-0.1, -0.05) is 0 Å². The fourth-order valence-corrected chi connectivity index (χ4v) is 2.89. The predicted octanol–water partition coefficient (Wildman–Crippen LogP) is 2.49. The van der Waals surface area contributed by atoms with Gasteiger partial charge in [0.15, 0.2) is 0 Å². The highest BCUT2D eigenvalue weighted by Gasteiger charge is 2.32. The van der Waals surface area contributed by atoms with Gasteiger partial charge in [0.1, 0.15) is 5.65 Å². The summed E-state index contributed by atoms with van der Waals surface area (Å²) in [4.78, 5) is 4.42. The van der Waals surface area contributed by atoms with Crippen LogP contribution in [-0.4, -0.2) is 26.4 Å². The lowest BCUT2D eigenvalue weighted by Gasteiger charge is -2.19. The Kier molecular flexibility index (Phi) is 3.07. The summed E-state index contributed by atoms with van der Waals surface area (Å²) in [5, 5.41) is 10.5. The van der Waals surface area contributed by atoms with Crippen molar-refractivity contribution in [3.63, 3.8) is 0 Å². The lowest BCUT2D eigenvalue weighted by atomic mass is 10.1. The summed E-state index contributed by atoms with van der Waals surface area (Å²) < 4.78 is 8.14. The van der Waals surface area contributed by atoms with Gasteiger partial charge < -0.3 is 14.4 Å². The van der Waals surface area contributed by atoms with Crippen molar-refractivity contribution in [3.8, 4) is 0 Å². The smallest absolute Gasteiger partial charge is 0.140 e. The normalized spacial score (nSPS) is 22.2. The van der Waals surface area contributed by atoms with Crippen LogP contribution in [0.2, 0.25) is 0 Å². The Morgan fingerprint density at radius 3 is 3.05 bits per heavy atom. The molecule has 0 radical (unpaired) electrons. The van der Waals surface area contributed by atoms with E-state index in [0.717, 1.165) is 36.0 Å². The molecule has 1 N–H and O–H groups in total. The first-order valence-electron chi connectivity index (χ1n) is 6.80. The molecule has 1 unspecified atom stereocenters. The summed E-state index contributed by atoms with van der Waals surface area (Å²) in [6.07, 6.45) is 6.19. The number of fused-ring (bicyclic) bond motifs is 1. The molecule has 1 fully saturated rings. The van der Waals surface area contributed by atoms with E-state index in [2.05, 4.69) is 23.4 Å². The molecule has 0 amide bonds.